The van der Waals surface area contributed by atoms with Crippen LogP contribution in [0.2, 0.25) is 0 Å². The molecular formula is C36H32N6O5S4. The highest BCUT2D eigenvalue weighted by Crippen LogP contribution is 2.42. The minimum atomic E-state index is -0.913. The monoisotopic (exact) mass is 756 g/mol. The maximum Gasteiger partial charge on any atom is 0.356 e. The van der Waals surface area contributed by atoms with Crippen LogP contribution in [0.1, 0.15) is 28.5 Å². The summed E-state index contributed by atoms with van der Waals surface area (Å²) in [6, 6.07) is 21.9. The molecule has 0 saturated carbocycles. The molecule has 2 aromatic heterocycles. The quantitative estimate of drug-likeness (QED) is 0.0788. The number of nitrogen functional groups attached to an aromatic ring is 1. The number of thioether (sulfide) groups is 3. The van der Waals surface area contributed by atoms with E-state index in [1.807, 2.05) is 84.3 Å². The predicted molar refractivity (Wildman–Crippen MR) is 204 cm³/mol. The molecule has 2 atom stereocenters. The molecule has 3 N–H and O–H groups in total. The number of oxime groups is 1. The van der Waals surface area contributed by atoms with Crippen LogP contribution in [0.25, 0.3) is 6.08 Å². The van der Waals surface area contributed by atoms with Crippen molar-refractivity contribution >= 4 is 81.3 Å². The van der Waals surface area contributed by atoms with Gasteiger partial charge in [-0.3, -0.25) is 19.5 Å². The molecule has 15 heteroatoms. The lowest BCUT2D eigenvalue weighted by molar-refractivity contribution is -0.154. The third-order valence-corrected chi connectivity index (χ3v) is 12.2. The number of rotatable bonds is 13. The van der Waals surface area contributed by atoms with E-state index in [0.717, 1.165) is 33.8 Å². The standard InChI is InChI=1S/C36H32N6O5S4/c37-36-39-27(21-51-36)28(41-47-26-19-49-20-26)32(43)40-29-33(44)42-30(25(18-50-34(29)42)17-48-15-13-22-8-7-14-38-16-22)35(45)46-31(23-9-3-1-4-10-23)24-11-5-2-6-12-24/h1-16,21,26,29,31,34H,17-20H2,(H2,37,39)(H,40,43)/b15-13-,41-28?/t29?,34-/m1/s1. The second-order valence-corrected chi connectivity index (χ2v) is 15.6. The molecule has 51 heavy (non-hydrogen) atoms. The average Bonchev–Trinajstić information content (AvgIpc) is 3.58. The summed E-state index contributed by atoms with van der Waals surface area (Å²) in [5, 5.41) is 10.3. The van der Waals surface area contributed by atoms with Gasteiger partial charge in [0.05, 0.1) is 0 Å². The van der Waals surface area contributed by atoms with Crippen molar-refractivity contribution in [2.45, 2.75) is 23.6 Å². The van der Waals surface area contributed by atoms with Gasteiger partial charge < -0.3 is 20.6 Å². The number of hydrogen-bond acceptors (Lipinski definition) is 13. The number of carbonyl (C=O) groups excluding carboxylic acids is 3. The molecule has 0 radical (unpaired) electrons. The van der Waals surface area contributed by atoms with E-state index < -0.39 is 35.3 Å². The number of nitrogens with two attached hydrogens (primary N) is 1. The van der Waals surface area contributed by atoms with E-state index in [-0.39, 0.29) is 28.3 Å². The van der Waals surface area contributed by atoms with Gasteiger partial charge in [-0.1, -0.05) is 71.9 Å². The van der Waals surface area contributed by atoms with Gasteiger partial charge in [0.1, 0.15) is 28.9 Å². The van der Waals surface area contributed by atoms with Gasteiger partial charge >= 0.3 is 5.97 Å². The molecule has 7 rings (SSSR count). The summed E-state index contributed by atoms with van der Waals surface area (Å²) in [7, 11) is 0. The van der Waals surface area contributed by atoms with Gasteiger partial charge in [0.2, 0.25) is 0 Å². The van der Waals surface area contributed by atoms with Crippen LogP contribution in [-0.4, -0.2) is 78.9 Å². The average molecular weight is 757 g/mol. The number of nitrogens with one attached hydrogen (secondary N) is 1. The highest BCUT2D eigenvalue weighted by atomic mass is 32.2. The van der Waals surface area contributed by atoms with Crippen LogP contribution < -0.4 is 11.1 Å². The zero-order chi connectivity index (χ0) is 35.2. The van der Waals surface area contributed by atoms with E-state index in [0.29, 0.717) is 11.5 Å². The van der Waals surface area contributed by atoms with Crippen molar-refractivity contribution in [3.63, 3.8) is 0 Å². The Balaban J connectivity index is 1.14. The van der Waals surface area contributed by atoms with Gasteiger partial charge in [-0.05, 0) is 39.8 Å². The third kappa shape index (κ3) is 8.01. The summed E-state index contributed by atoms with van der Waals surface area (Å²) >= 11 is 5.87. The molecule has 4 aromatic rings. The van der Waals surface area contributed by atoms with Gasteiger partial charge in [0.15, 0.2) is 16.9 Å². The molecule has 2 amide bonds. The first kappa shape index (κ1) is 34.9. The first-order valence-corrected chi connectivity index (χ1v) is 20.1. The molecule has 3 aliphatic heterocycles. The fourth-order valence-electron chi connectivity index (χ4n) is 5.49. The molecule has 5 heterocycles. The summed E-state index contributed by atoms with van der Waals surface area (Å²) in [6.07, 6.45) is 4.61. The number of esters is 1. The minimum Gasteiger partial charge on any atom is -0.448 e. The molecule has 3 aliphatic rings. The summed E-state index contributed by atoms with van der Waals surface area (Å²) < 4.78 is 6.27. The Morgan fingerprint density at radius 1 is 1.08 bits per heavy atom. The largest absolute Gasteiger partial charge is 0.448 e. The third-order valence-electron chi connectivity index (χ3n) is 8.14. The molecule has 0 spiro atoms. The number of β-lactam (4-membered cyclic amide) rings is 1. The zero-order valence-corrected chi connectivity index (χ0v) is 30.3. The molecule has 0 aliphatic carbocycles. The first-order valence-electron chi connectivity index (χ1n) is 16.0. The summed E-state index contributed by atoms with van der Waals surface area (Å²) in [5.41, 5.74) is 9.54. The van der Waals surface area contributed by atoms with Gasteiger partial charge in [0.25, 0.3) is 11.8 Å². The number of thiazole rings is 1. The number of amides is 2. The maximum atomic E-state index is 14.3. The molecule has 1 unspecified atom stereocenters. The smallest absolute Gasteiger partial charge is 0.356 e. The lowest BCUT2D eigenvalue weighted by Crippen LogP contribution is -2.71. The predicted octanol–water partition coefficient (Wildman–Crippen LogP) is 5.35. The number of hydrogen-bond donors (Lipinski definition) is 2. The van der Waals surface area contributed by atoms with Crippen LogP contribution in [0.5, 0.6) is 0 Å². The summed E-state index contributed by atoms with van der Waals surface area (Å²) in [4.78, 5) is 57.3. The van der Waals surface area contributed by atoms with Crippen molar-refractivity contribution in [1.29, 1.82) is 0 Å². The fraction of sp³-hybridized carbons (Fsp3) is 0.222. The number of carbonyl (C=O) groups is 3. The van der Waals surface area contributed by atoms with Crippen molar-refractivity contribution in [1.82, 2.24) is 20.2 Å². The van der Waals surface area contributed by atoms with E-state index in [1.54, 1.807) is 29.5 Å². The van der Waals surface area contributed by atoms with Crippen LogP contribution in [0.15, 0.2) is 112 Å². The Labute approximate surface area is 311 Å². The van der Waals surface area contributed by atoms with E-state index >= 15 is 0 Å². The van der Waals surface area contributed by atoms with Crippen molar-refractivity contribution in [2.24, 2.45) is 5.16 Å². The number of anilines is 1. The number of pyridine rings is 1. The van der Waals surface area contributed by atoms with Gasteiger partial charge in [-0.25, -0.2) is 9.78 Å². The molecule has 0 bridgehead atoms. The Morgan fingerprint density at radius 2 is 1.82 bits per heavy atom. The van der Waals surface area contributed by atoms with Crippen molar-refractivity contribution in [3.8, 4) is 0 Å². The number of nitrogens with zero attached hydrogens (tertiary/aromatic N) is 4. The van der Waals surface area contributed by atoms with Crippen molar-refractivity contribution in [3.05, 3.63) is 130 Å². The normalized spacial score (nSPS) is 19.0. The number of aromatic nitrogens is 2. The Kier molecular flexibility index (Phi) is 11.1. The summed E-state index contributed by atoms with van der Waals surface area (Å²) in [6.45, 7) is 0. The number of ether oxygens (including phenoxy) is 1. The molecule has 2 aromatic carbocycles. The van der Waals surface area contributed by atoms with Gasteiger partial charge in [0, 0.05) is 40.8 Å². The lowest BCUT2D eigenvalue weighted by atomic mass is 10.0. The second-order valence-electron chi connectivity index (χ2n) is 11.6. The van der Waals surface area contributed by atoms with Crippen LogP contribution in [-0.2, 0) is 24.0 Å². The maximum absolute atomic E-state index is 14.3. The van der Waals surface area contributed by atoms with E-state index in [2.05, 4.69) is 20.4 Å². The van der Waals surface area contributed by atoms with E-state index in [1.165, 1.54) is 39.8 Å². The Hall–Kier alpha value is -4.57. The SMILES string of the molecule is Nc1nc(C(=NOC2CSC2)C(=O)NC2C(=O)N3C(C(=O)OC(c4ccccc4)c4ccccc4)=C(CS/C=C\c4cccnc4)CS[C@H]23)cs1. The second kappa shape index (κ2) is 16.2. The molecule has 11 nitrogen and oxygen atoms in total. The lowest BCUT2D eigenvalue weighted by Gasteiger charge is -2.49. The Bertz CT molecular complexity index is 1930. The number of fused-ring (bicyclic) bond motifs is 1. The zero-order valence-electron chi connectivity index (χ0n) is 27.0. The topological polar surface area (TPSA) is 149 Å². The molecular weight excluding hydrogens is 725 g/mol. The number of benzene rings is 2. The van der Waals surface area contributed by atoms with E-state index in [4.69, 9.17) is 15.3 Å². The van der Waals surface area contributed by atoms with Crippen LogP contribution in [0.4, 0.5) is 5.13 Å². The Morgan fingerprint density at radius 3 is 2.45 bits per heavy atom. The fourth-order valence-corrected chi connectivity index (χ4v) is 8.85. The molecule has 2 saturated heterocycles. The highest BCUT2D eigenvalue weighted by molar-refractivity contribution is 8.02. The van der Waals surface area contributed by atoms with E-state index in [9.17, 15) is 14.4 Å². The van der Waals surface area contributed by atoms with Gasteiger partial charge in [-0.2, -0.15) is 11.8 Å². The van der Waals surface area contributed by atoms with Crippen LogP contribution >= 0.6 is 46.6 Å². The van der Waals surface area contributed by atoms with Crippen LogP contribution in [0, 0.1) is 0 Å². The van der Waals surface area contributed by atoms with Crippen molar-refractivity contribution < 1.29 is 24.0 Å². The van der Waals surface area contributed by atoms with Crippen molar-refractivity contribution in [2.75, 3.05) is 28.7 Å². The molecule has 260 valence electrons. The minimum absolute atomic E-state index is 0.0619. The molecule has 2 fully saturated rings. The van der Waals surface area contributed by atoms with Crippen LogP contribution in [0.3, 0.4) is 0 Å². The van der Waals surface area contributed by atoms with Gasteiger partial charge in [-0.15, -0.1) is 34.9 Å². The first-order chi connectivity index (χ1) is 25.0. The highest BCUT2D eigenvalue weighted by Gasteiger charge is 2.55. The summed E-state index contributed by atoms with van der Waals surface area (Å²) in [5.74, 6) is 0.780.